The fourth-order valence-corrected chi connectivity index (χ4v) is 0.860. The zero-order valence-electron chi connectivity index (χ0n) is 8.87. The van der Waals surface area contributed by atoms with Crippen molar-refractivity contribution in [2.75, 3.05) is 12.4 Å². The van der Waals surface area contributed by atoms with Crippen LogP contribution in [0.1, 0.15) is 20.8 Å². The predicted octanol–water partition coefficient (Wildman–Crippen LogP) is 1.71. The second-order valence-corrected chi connectivity index (χ2v) is 3.90. The standard InChI is InChI=1S/C9H15N3O2/c1-9(2,3)14-8(13)12-6-7(10-4)5-11-12/h5-6,10H,1-4H3. The average Bonchev–Trinajstić information content (AvgIpc) is 2.48. The quantitative estimate of drug-likeness (QED) is 0.744. The molecule has 0 bridgehead atoms. The van der Waals surface area contributed by atoms with Gasteiger partial charge in [0.15, 0.2) is 0 Å². The van der Waals surface area contributed by atoms with E-state index >= 15 is 0 Å². The molecule has 0 amide bonds. The van der Waals surface area contributed by atoms with Gasteiger partial charge in [-0.1, -0.05) is 0 Å². The summed E-state index contributed by atoms with van der Waals surface area (Å²) in [7, 11) is 1.76. The molecule has 0 aliphatic rings. The molecule has 0 aliphatic carbocycles. The van der Waals surface area contributed by atoms with Crippen LogP contribution in [0.3, 0.4) is 0 Å². The lowest BCUT2D eigenvalue weighted by Gasteiger charge is -2.18. The van der Waals surface area contributed by atoms with E-state index in [0.717, 1.165) is 10.4 Å². The zero-order valence-corrected chi connectivity index (χ0v) is 8.87. The molecule has 1 heterocycles. The normalized spacial score (nSPS) is 11.1. The Labute approximate surface area is 83.1 Å². The monoisotopic (exact) mass is 197 g/mol. The Bertz CT molecular complexity index is 325. The summed E-state index contributed by atoms with van der Waals surface area (Å²) in [6, 6.07) is 0. The van der Waals surface area contributed by atoms with Gasteiger partial charge in [-0.05, 0) is 20.8 Å². The molecular formula is C9H15N3O2. The fraction of sp³-hybridized carbons (Fsp3) is 0.556. The molecule has 0 aliphatic heterocycles. The van der Waals surface area contributed by atoms with Gasteiger partial charge in [0.1, 0.15) is 5.60 Å². The number of carbonyl (C=O) groups is 1. The van der Waals surface area contributed by atoms with Crippen LogP contribution in [0.2, 0.25) is 0 Å². The summed E-state index contributed by atoms with van der Waals surface area (Å²) in [4.78, 5) is 11.4. The van der Waals surface area contributed by atoms with Gasteiger partial charge in [-0.25, -0.2) is 4.79 Å². The Morgan fingerprint density at radius 2 is 2.21 bits per heavy atom. The maximum atomic E-state index is 11.4. The first-order valence-electron chi connectivity index (χ1n) is 4.38. The lowest BCUT2D eigenvalue weighted by Crippen LogP contribution is -2.27. The lowest BCUT2D eigenvalue weighted by molar-refractivity contribution is 0.0514. The molecule has 0 unspecified atom stereocenters. The Morgan fingerprint density at radius 3 is 2.64 bits per heavy atom. The molecule has 0 saturated heterocycles. The third kappa shape index (κ3) is 2.76. The summed E-state index contributed by atoms with van der Waals surface area (Å²) >= 11 is 0. The summed E-state index contributed by atoms with van der Waals surface area (Å²) in [5.74, 6) is 0. The highest BCUT2D eigenvalue weighted by molar-refractivity contribution is 5.70. The van der Waals surface area contributed by atoms with E-state index in [4.69, 9.17) is 4.74 Å². The fourth-order valence-electron chi connectivity index (χ4n) is 0.860. The number of nitrogens with one attached hydrogen (secondary N) is 1. The molecule has 0 saturated carbocycles. The van der Waals surface area contributed by atoms with Crippen molar-refractivity contribution < 1.29 is 9.53 Å². The van der Waals surface area contributed by atoms with Crippen LogP contribution in [-0.4, -0.2) is 28.5 Å². The van der Waals surface area contributed by atoms with Gasteiger partial charge in [0.05, 0.1) is 18.1 Å². The molecule has 14 heavy (non-hydrogen) atoms. The highest BCUT2D eigenvalue weighted by Gasteiger charge is 2.18. The second kappa shape index (κ2) is 3.69. The molecule has 0 aromatic carbocycles. The highest BCUT2D eigenvalue weighted by atomic mass is 16.6. The topological polar surface area (TPSA) is 56.2 Å². The molecule has 0 spiro atoms. The summed E-state index contributed by atoms with van der Waals surface area (Å²) in [5.41, 5.74) is 0.277. The van der Waals surface area contributed by atoms with Crippen LogP contribution in [0.4, 0.5) is 10.5 Å². The first-order valence-corrected chi connectivity index (χ1v) is 4.38. The molecule has 5 nitrogen and oxygen atoms in total. The number of hydrogen-bond donors (Lipinski definition) is 1. The minimum Gasteiger partial charge on any atom is -0.442 e. The Kier molecular flexibility index (Phi) is 2.78. The van der Waals surface area contributed by atoms with Crippen molar-refractivity contribution in [3.63, 3.8) is 0 Å². The van der Waals surface area contributed by atoms with Gasteiger partial charge in [-0.2, -0.15) is 9.78 Å². The largest absolute Gasteiger partial charge is 0.442 e. The van der Waals surface area contributed by atoms with Gasteiger partial charge >= 0.3 is 6.09 Å². The SMILES string of the molecule is CNc1cnn(C(=O)OC(C)(C)C)c1. The summed E-state index contributed by atoms with van der Waals surface area (Å²) in [6.07, 6.45) is 2.66. The van der Waals surface area contributed by atoms with E-state index < -0.39 is 11.7 Å². The highest BCUT2D eigenvalue weighted by Crippen LogP contribution is 2.10. The molecule has 0 radical (unpaired) electrons. The molecule has 0 atom stereocenters. The predicted molar refractivity (Wildman–Crippen MR) is 53.4 cm³/mol. The van der Waals surface area contributed by atoms with Crippen molar-refractivity contribution in [2.45, 2.75) is 26.4 Å². The molecule has 1 aromatic rings. The average molecular weight is 197 g/mol. The molecule has 1 aromatic heterocycles. The third-order valence-corrected chi connectivity index (χ3v) is 1.45. The van der Waals surface area contributed by atoms with Gasteiger partial charge in [-0.15, -0.1) is 0 Å². The van der Waals surface area contributed by atoms with E-state index in [1.807, 2.05) is 20.8 Å². The van der Waals surface area contributed by atoms with Crippen molar-refractivity contribution in [3.8, 4) is 0 Å². The van der Waals surface area contributed by atoms with Crippen LogP contribution < -0.4 is 5.32 Å². The van der Waals surface area contributed by atoms with Crippen molar-refractivity contribution in [2.24, 2.45) is 0 Å². The zero-order chi connectivity index (χ0) is 10.8. The lowest BCUT2D eigenvalue weighted by atomic mass is 10.2. The molecule has 1 rings (SSSR count). The number of nitrogens with zero attached hydrogens (tertiary/aromatic N) is 2. The van der Waals surface area contributed by atoms with Crippen molar-refractivity contribution in [1.29, 1.82) is 0 Å². The van der Waals surface area contributed by atoms with E-state index in [0.29, 0.717) is 0 Å². The van der Waals surface area contributed by atoms with Crippen LogP contribution in [0.15, 0.2) is 12.4 Å². The minimum atomic E-state index is -0.497. The summed E-state index contributed by atoms with van der Waals surface area (Å²) in [5, 5.41) is 6.72. The number of ether oxygens (including phenoxy) is 1. The molecule has 5 heteroatoms. The van der Waals surface area contributed by atoms with Crippen LogP contribution >= 0.6 is 0 Å². The maximum absolute atomic E-state index is 11.4. The van der Waals surface area contributed by atoms with E-state index in [1.54, 1.807) is 19.4 Å². The number of carbonyl (C=O) groups excluding carboxylic acids is 1. The second-order valence-electron chi connectivity index (χ2n) is 3.90. The molecule has 0 fully saturated rings. The van der Waals surface area contributed by atoms with E-state index in [1.165, 1.54) is 0 Å². The molecule has 78 valence electrons. The Morgan fingerprint density at radius 1 is 1.57 bits per heavy atom. The van der Waals surface area contributed by atoms with E-state index in [9.17, 15) is 4.79 Å². The number of anilines is 1. The van der Waals surface area contributed by atoms with E-state index in [-0.39, 0.29) is 0 Å². The first-order chi connectivity index (χ1) is 6.42. The Hall–Kier alpha value is -1.52. The number of rotatable bonds is 1. The van der Waals surface area contributed by atoms with Crippen LogP contribution in [-0.2, 0) is 4.74 Å². The van der Waals surface area contributed by atoms with Crippen LogP contribution in [0, 0.1) is 0 Å². The van der Waals surface area contributed by atoms with Gasteiger partial charge in [0, 0.05) is 7.05 Å². The van der Waals surface area contributed by atoms with Gasteiger partial charge < -0.3 is 10.1 Å². The van der Waals surface area contributed by atoms with Gasteiger partial charge in [0.2, 0.25) is 0 Å². The third-order valence-electron chi connectivity index (χ3n) is 1.45. The number of hydrogen-bond acceptors (Lipinski definition) is 4. The number of aromatic nitrogens is 2. The maximum Gasteiger partial charge on any atom is 0.435 e. The first kappa shape index (κ1) is 10.6. The van der Waals surface area contributed by atoms with E-state index in [2.05, 4.69) is 10.4 Å². The minimum absolute atomic E-state index is 0.473. The molecule has 1 N–H and O–H groups in total. The smallest absolute Gasteiger partial charge is 0.435 e. The Balaban J connectivity index is 2.70. The van der Waals surface area contributed by atoms with Crippen molar-refractivity contribution in [1.82, 2.24) is 9.78 Å². The van der Waals surface area contributed by atoms with Crippen molar-refractivity contribution in [3.05, 3.63) is 12.4 Å². The van der Waals surface area contributed by atoms with Crippen LogP contribution in [0.5, 0.6) is 0 Å². The van der Waals surface area contributed by atoms with Gasteiger partial charge in [-0.3, -0.25) is 0 Å². The summed E-state index contributed by atoms with van der Waals surface area (Å²) in [6.45, 7) is 5.44. The van der Waals surface area contributed by atoms with Crippen molar-refractivity contribution >= 4 is 11.8 Å². The summed E-state index contributed by atoms with van der Waals surface area (Å²) < 4.78 is 6.28. The van der Waals surface area contributed by atoms with Gasteiger partial charge in [0.25, 0.3) is 0 Å². The van der Waals surface area contributed by atoms with Crippen LogP contribution in [0.25, 0.3) is 0 Å². The molecular weight excluding hydrogens is 182 g/mol.